The molecule has 142 valence electrons. The highest BCUT2D eigenvalue weighted by molar-refractivity contribution is 7.99. The summed E-state index contributed by atoms with van der Waals surface area (Å²) in [5.41, 5.74) is 0.534. The lowest BCUT2D eigenvalue weighted by Crippen LogP contribution is -2.19. The van der Waals surface area contributed by atoms with Crippen LogP contribution in [-0.4, -0.2) is 40.0 Å². The van der Waals surface area contributed by atoms with Crippen LogP contribution in [0.5, 0.6) is 11.5 Å². The van der Waals surface area contributed by atoms with Gasteiger partial charge in [-0.15, -0.1) is 10.2 Å². The molecule has 1 heterocycles. The topological polar surface area (TPSA) is 66.2 Å². The fraction of sp³-hybridized carbons (Fsp3) is 0.526. The summed E-state index contributed by atoms with van der Waals surface area (Å²) in [5.74, 6) is 2.97. The predicted octanol–water partition coefficient (Wildman–Crippen LogP) is 3.98. The van der Waals surface area contributed by atoms with Gasteiger partial charge in [-0.2, -0.15) is 0 Å². The van der Waals surface area contributed by atoms with E-state index in [9.17, 15) is 4.79 Å². The summed E-state index contributed by atoms with van der Waals surface area (Å²) in [5, 5.41) is 9.58. The maximum Gasteiger partial charge on any atom is 0.191 e. The highest BCUT2D eigenvalue weighted by Gasteiger charge is 2.23. The van der Waals surface area contributed by atoms with Crippen LogP contribution < -0.4 is 9.47 Å². The standard InChI is InChI=1S/C19H27N3O3S/c1-6-22-17(19(3,4)5)20-21-18(22)26-11-10-25-15-9-8-14(13-23)12-16(15)24-7-2/h8-9,12-13H,6-7,10-11H2,1-5H3. The van der Waals surface area contributed by atoms with Crippen LogP contribution in [0.4, 0.5) is 0 Å². The quantitative estimate of drug-likeness (QED) is 0.374. The van der Waals surface area contributed by atoms with Crippen molar-refractivity contribution in [2.75, 3.05) is 19.0 Å². The van der Waals surface area contributed by atoms with Gasteiger partial charge in [-0.1, -0.05) is 32.5 Å². The largest absolute Gasteiger partial charge is 0.490 e. The van der Waals surface area contributed by atoms with E-state index in [2.05, 4.69) is 42.5 Å². The van der Waals surface area contributed by atoms with Gasteiger partial charge >= 0.3 is 0 Å². The number of nitrogens with zero attached hydrogens (tertiary/aromatic N) is 3. The molecule has 2 rings (SSSR count). The van der Waals surface area contributed by atoms with E-state index in [1.54, 1.807) is 30.0 Å². The summed E-state index contributed by atoms with van der Waals surface area (Å²) >= 11 is 1.62. The zero-order valence-corrected chi connectivity index (χ0v) is 16.9. The molecule has 0 bridgehead atoms. The number of carbonyl (C=O) groups excluding carboxylic acids is 1. The van der Waals surface area contributed by atoms with Crippen molar-refractivity contribution in [2.45, 2.75) is 51.7 Å². The number of hydrogen-bond donors (Lipinski definition) is 0. The Balaban J connectivity index is 1.97. The average molecular weight is 378 g/mol. The summed E-state index contributed by atoms with van der Waals surface area (Å²) in [6, 6.07) is 5.19. The molecule has 0 aliphatic heterocycles. The van der Waals surface area contributed by atoms with E-state index in [4.69, 9.17) is 9.47 Å². The monoisotopic (exact) mass is 377 g/mol. The number of hydrogen-bond acceptors (Lipinski definition) is 6. The van der Waals surface area contributed by atoms with E-state index in [0.717, 1.165) is 29.6 Å². The SMILES string of the molecule is CCOc1cc(C=O)ccc1OCCSc1nnc(C(C)(C)C)n1CC. The van der Waals surface area contributed by atoms with E-state index < -0.39 is 0 Å². The molecule has 0 N–H and O–H groups in total. The number of rotatable bonds is 9. The lowest BCUT2D eigenvalue weighted by molar-refractivity contribution is 0.112. The Morgan fingerprint density at radius 3 is 2.54 bits per heavy atom. The van der Waals surface area contributed by atoms with E-state index in [-0.39, 0.29) is 5.41 Å². The molecule has 0 amide bonds. The number of aromatic nitrogens is 3. The Labute approximate surface area is 159 Å². The molecule has 0 radical (unpaired) electrons. The zero-order valence-electron chi connectivity index (χ0n) is 16.1. The molecular formula is C19H27N3O3S. The van der Waals surface area contributed by atoms with Crippen molar-refractivity contribution < 1.29 is 14.3 Å². The first-order valence-electron chi connectivity index (χ1n) is 8.82. The maximum atomic E-state index is 10.9. The van der Waals surface area contributed by atoms with Crippen molar-refractivity contribution in [2.24, 2.45) is 0 Å². The molecule has 0 aliphatic carbocycles. The molecule has 0 atom stereocenters. The minimum Gasteiger partial charge on any atom is -0.490 e. The van der Waals surface area contributed by atoms with Crippen LogP contribution >= 0.6 is 11.8 Å². The first kappa shape index (κ1) is 20.3. The summed E-state index contributed by atoms with van der Waals surface area (Å²) < 4.78 is 13.5. The van der Waals surface area contributed by atoms with Crippen molar-refractivity contribution in [3.05, 3.63) is 29.6 Å². The fourth-order valence-electron chi connectivity index (χ4n) is 2.51. The van der Waals surface area contributed by atoms with Gasteiger partial charge in [-0.25, -0.2) is 0 Å². The van der Waals surface area contributed by atoms with Gasteiger partial charge in [0.1, 0.15) is 12.1 Å². The van der Waals surface area contributed by atoms with Gasteiger partial charge in [0.05, 0.1) is 13.2 Å². The minimum absolute atomic E-state index is 0.0367. The molecule has 7 heteroatoms. The van der Waals surface area contributed by atoms with Crippen LogP contribution in [0.25, 0.3) is 0 Å². The van der Waals surface area contributed by atoms with E-state index in [1.165, 1.54) is 0 Å². The number of benzene rings is 1. The first-order chi connectivity index (χ1) is 12.4. The molecule has 1 aromatic heterocycles. The normalized spacial score (nSPS) is 11.4. The van der Waals surface area contributed by atoms with Gasteiger partial charge in [-0.3, -0.25) is 4.79 Å². The van der Waals surface area contributed by atoms with Crippen molar-refractivity contribution in [3.8, 4) is 11.5 Å². The van der Waals surface area contributed by atoms with Gasteiger partial charge in [-0.05, 0) is 32.0 Å². The van der Waals surface area contributed by atoms with Gasteiger partial charge in [0, 0.05) is 23.3 Å². The third-order valence-electron chi connectivity index (χ3n) is 3.68. The van der Waals surface area contributed by atoms with Gasteiger partial charge in [0.25, 0.3) is 0 Å². The molecule has 1 aromatic carbocycles. The van der Waals surface area contributed by atoms with Crippen LogP contribution in [0.3, 0.4) is 0 Å². The second-order valence-electron chi connectivity index (χ2n) is 6.75. The Morgan fingerprint density at radius 2 is 1.92 bits per heavy atom. The Kier molecular flexibility index (Phi) is 7.08. The molecule has 0 unspecified atom stereocenters. The highest BCUT2D eigenvalue weighted by atomic mass is 32.2. The summed E-state index contributed by atoms with van der Waals surface area (Å²) in [6.45, 7) is 12.3. The second-order valence-corrected chi connectivity index (χ2v) is 7.82. The summed E-state index contributed by atoms with van der Waals surface area (Å²) in [7, 11) is 0. The number of ether oxygens (including phenoxy) is 2. The van der Waals surface area contributed by atoms with Crippen LogP contribution in [0.1, 0.15) is 50.8 Å². The zero-order chi connectivity index (χ0) is 19.2. The van der Waals surface area contributed by atoms with Crippen molar-refractivity contribution in [1.82, 2.24) is 14.8 Å². The summed E-state index contributed by atoms with van der Waals surface area (Å²) in [4.78, 5) is 10.9. The number of thioether (sulfide) groups is 1. The Hall–Kier alpha value is -2.02. The van der Waals surface area contributed by atoms with Crippen molar-refractivity contribution >= 4 is 18.0 Å². The molecule has 0 aliphatic rings. The van der Waals surface area contributed by atoms with Gasteiger partial charge in [0.2, 0.25) is 0 Å². The first-order valence-corrected chi connectivity index (χ1v) is 9.80. The molecule has 0 saturated carbocycles. The van der Waals surface area contributed by atoms with Crippen LogP contribution in [0.15, 0.2) is 23.4 Å². The lowest BCUT2D eigenvalue weighted by atomic mass is 9.96. The van der Waals surface area contributed by atoms with Gasteiger partial charge in [0.15, 0.2) is 16.7 Å². The summed E-state index contributed by atoms with van der Waals surface area (Å²) in [6.07, 6.45) is 0.798. The molecule has 6 nitrogen and oxygen atoms in total. The van der Waals surface area contributed by atoms with E-state index in [0.29, 0.717) is 30.3 Å². The predicted molar refractivity (Wildman–Crippen MR) is 104 cm³/mol. The number of carbonyl (C=O) groups is 1. The van der Waals surface area contributed by atoms with E-state index >= 15 is 0 Å². The Bertz CT molecular complexity index is 738. The fourth-order valence-corrected chi connectivity index (χ4v) is 3.32. The lowest BCUT2D eigenvalue weighted by Gasteiger charge is -2.18. The van der Waals surface area contributed by atoms with Crippen LogP contribution in [0, 0.1) is 0 Å². The molecular weight excluding hydrogens is 350 g/mol. The second kappa shape index (κ2) is 9.07. The van der Waals surface area contributed by atoms with Crippen molar-refractivity contribution in [1.29, 1.82) is 0 Å². The number of aldehydes is 1. The van der Waals surface area contributed by atoms with Gasteiger partial charge < -0.3 is 14.0 Å². The van der Waals surface area contributed by atoms with Crippen LogP contribution in [0.2, 0.25) is 0 Å². The Morgan fingerprint density at radius 1 is 1.15 bits per heavy atom. The molecule has 2 aromatic rings. The molecule has 0 spiro atoms. The third kappa shape index (κ3) is 5.00. The van der Waals surface area contributed by atoms with Crippen LogP contribution in [-0.2, 0) is 12.0 Å². The average Bonchev–Trinajstić information content (AvgIpc) is 3.03. The van der Waals surface area contributed by atoms with Crippen molar-refractivity contribution in [3.63, 3.8) is 0 Å². The third-order valence-corrected chi connectivity index (χ3v) is 4.61. The smallest absolute Gasteiger partial charge is 0.191 e. The highest BCUT2D eigenvalue weighted by Crippen LogP contribution is 2.29. The molecule has 0 fully saturated rings. The molecule has 26 heavy (non-hydrogen) atoms. The minimum atomic E-state index is -0.0367. The van der Waals surface area contributed by atoms with E-state index in [1.807, 2.05) is 6.92 Å². The molecule has 0 saturated heterocycles. The maximum absolute atomic E-state index is 10.9.